The second-order valence-corrected chi connectivity index (χ2v) is 7.46. The number of amides is 1. The highest BCUT2D eigenvalue weighted by Gasteiger charge is 2.14. The van der Waals surface area contributed by atoms with Crippen molar-refractivity contribution in [3.8, 4) is 17.1 Å². The van der Waals surface area contributed by atoms with Crippen molar-refractivity contribution in [3.05, 3.63) is 54.1 Å². The zero-order valence-corrected chi connectivity index (χ0v) is 16.9. The minimum atomic E-state index is -0.128. The summed E-state index contributed by atoms with van der Waals surface area (Å²) in [5.41, 5.74) is 2.81. The Morgan fingerprint density at radius 3 is 2.43 bits per heavy atom. The van der Waals surface area contributed by atoms with Crippen LogP contribution in [0.1, 0.15) is 25.3 Å². The van der Waals surface area contributed by atoms with E-state index in [-0.39, 0.29) is 11.7 Å². The first-order chi connectivity index (χ1) is 13.5. The van der Waals surface area contributed by atoms with E-state index in [1.807, 2.05) is 48.5 Å². The number of thioether (sulfide) groups is 1. The van der Waals surface area contributed by atoms with Gasteiger partial charge < -0.3 is 15.9 Å². The lowest BCUT2D eigenvalue weighted by Crippen LogP contribution is -2.16. The fraction of sp³-hybridized carbons (Fsp3) is 0.250. The topological polar surface area (TPSA) is 95.1 Å². The predicted octanol–water partition coefficient (Wildman–Crippen LogP) is 3.52. The number of hydrogen-bond donors (Lipinski definition) is 2. The molecule has 0 aliphatic heterocycles. The van der Waals surface area contributed by atoms with Crippen LogP contribution >= 0.6 is 11.8 Å². The number of nitrogens with zero attached hydrogens (tertiary/aromatic N) is 3. The number of aromatic nitrogens is 3. The molecule has 0 aliphatic carbocycles. The molecule has 2 aromatic carbocycles. The Kier molecular flexibility index (Phi) is 6.20. The van der Waals surface area contributed by atoms with Crippen LogP contribution < -0.4 is 15.9 Å². The summed E-state index contributed by atoms with van der Waals surface area (Å²) in [4.78, 5) is 12.2. The number of carbonyl (C=O) groups is 1. The minimum absolute atomic E-state index is 0.128. The van der Waals surface area contributed by atoms with Gasteiger partial charge in [-0.3, -0.25) is 4.79 Å². The first-order valence-corrected chi connectivity index (χ1v) is 9.84. The minimum Gasteiger partial charge on any atom is -0.497 e. The van der Waals surface area contributed by atoms with Crippen LogP contribution in [0.2, 0.25) is 0 Å². The number of nitrogen functional groups attached to an aromatic ring is 1. The predicted molar refractivity (Wildman–Crippen MR) is 112 cm³/mol. The molecule has 0 fully saturated rings. The monoisotopic (exact) mass is 397 g/mol. The maximum absolute atomic E-state index is 12.2. The molecule has 0 saturated carbocycles. The summed E-state index contributed by atoms with van der Waals surface area (Å²) in [5.74, 6) is 7.88. The largest absolute Gasteiger partial charge is 0.497 e. The maximum atomic E-state index is 12.2. The van der Waals surface area contributed by atoms with E-state index in [2.05, 4.69) is 29.4 Å². The fourth-order valence-electron chi connectivity index (χ4n) is 2.59. The van der Waals surface area contributed by atoms with E-state index < -0.39 is 0 Å². The second kappa shape index (κ2) is 8.79. The van der Waals surface area contributed by atoms with Gasteiger partial charge in [0.05, 0.1) is 12.9 Å². The average Bonchev–Trinajstić information content (AvgIpc) is 3.07. The molecular formula is C20H23N5O2S. The molecule has 3 aromatic rings. The Morgan fingerprint density at radius 2 is 1.82 bits per heavy atom. The molecule has 3 rings (SSSR count). The molecule has 8 heteroatoms. The fourth-order valence-corrected chi connectivity index (χ4v) is 3.25. The molecule has 0 atom stereocenters. The van der Waals surface area contributed by atoms with Crippen molar-refractivity contribution >= 4 is 23.4 Å². The molecule has 0 aliphatic rings. The zero-order chi connectivity index (χ0) is 20.1. The lowest BCUT2D eigenvalue weighted by molar-refractivity contribution is -0.113. The number of hydrogen-bond acceptors (Lipinski definition) is 6. The Labute approximate surface area is 168 Å². The van der Waals surface area contributed by atoms with Crippen molar-refractivity contribution in [1.29, 1.82) is 0 Å². The highest BCUT2D eigenvalue weighted by Crippen LogP contribution is 2.24. The van der Waals surface area contributed by atoms with Crippen molar-refractivity contribution < 1.29 is 9.53 Å². The molecule has 0 unspecified atom stereocenters. The van der Waals surface area contributed by atoms with E-state index in [4.69, 9.17) is 10.6 Å². The van der Waals surface area contributed by atoms with Gasteiger partial charge in [0.15, 0.2) is 5.82 Å². The highest BCUT2D eigenvalue weighted by molar-refractivity contribution is 7.99. The molecule has 0 spiro atoms. The van der Waals surface area contributed by atoms with E-state index in [1.54, 1.807) is 7.11 Å². The number of nitrogens with two attached hydrogens (primary N) is 1. The molecule has 28 heavy (non-hydrogen) atoms. The maximum Gasteiger partial charge on any atom is 0.234 e. The van der Waals surface area contributed by atoms with Crippen molar-refractivity contribution in [2.45, 2.75) is 24.9 Å². The average molecular weight is 398 g/mol. The summed E-state index contributed by atoms with van der Waals surface area (Å²) in [6, 6.07) is 15.2. The number of methoxy groups -OCH3 is 1. The van der Waals surface area contributed by atoms with Gasteiger partial charge in [0.25, 0.3) is 0 Å². The molecule has 0 radical (unpaired) electrons. The summed E-state index contributed by atoms with van der Waals surface area (Å²) in [6.45, 7) is 4.26. The van der Waals surface area contributed by atoms with Gasteiger partial charge in [-0.05, 0) is 47.9 Å². The van der Waals surface area contributed by atoms with E-state index in [0.29, 0.717) is 16.9 Å². The smallest absolute Gasteiger partial charge is 0.234 e. The summed E-state index contributed by atoms with van der Waals surface area (Å²) in [5, 5.41) is 11.6. The van der Waals surface area contributed by atoms with Crippen LogP contribution in [-0.4, -0.2) is 33.6 Å². The van der Waals surface area contributed by atoms with Gasteiger partial charge in [0.1, 0.15) is 5.75 Å². The SMILES string of the molecule is COc1ccc(-c2nnc(SCC(=O)Nc3ccc(C(C)C)cc3)n2N)cc1. The van der Waals surface area contributed by atoms with Crippen molar-refractivity contribution in [2.24, 2.45) is 0 Å². The third-order valence-corrected chi connectivity index (χ3v) is 5.15. The third kappa shape index (κ3) is 4.64. The number of rotatable bonds is 7. The highest BCUT2D eigenvalue weighted by atomic mass is 32.2. The van der Waals surface area contributed by atoms with Crippen LogP contribution in [0.25, 0.3) is 11.4 Å². The number of benzene rings is 2. The van der Waals surface area contributed by atoms with Crippen LogP contribution in [0.15, 0.2) is 53.7 Å². The van der Waals surface area contributed by atoms with Crippen molar-refractivity contribution in [1.82, 2.24) is 14.9 Å². The second-order valence-electron chi connectivity index (χ2n) is 6.52. The van der Waals surface area contributed by atoms with Gasteiger partial charge in [-0.1, -0.05) is 37.7 Å². The van der Waals surface area contributed by atoms with E-state index >= 15 is 0 Å². The summed E-state index contributed by atoms with van der Waals surface area (Å²) < 4.78 is 6.54. The van der Waals surface area contributed by atoms with Crippen LogP contribution in [0.4, 0.5) is 5.69 Å². The molecule has 7 nitrogen and oxygen atoms in total. The van der Waals surface area contributed by atoms with Gasteiger partial charge >= 0.3 is 0 Å². The standard InChI is InChI=1S/C20H23N5O2S/c1-13(2)14-4-8-16(9-5-14)22-18(26)12-28-20-24-23-19(25(20)21)15-6-10-17(27-3)11-7-15/h4-11,13H,12,21H2,1-3H3,(H,22,26). The van der Waals surface area contributed by atoms with Crippen LogP contribution in [-0.2, 0) is 4.79 Å². The summed E-state index contributed by atoms with van der Waals surface area (Å²) >= 11 is 1.23. The Balaban J connectivity index is 1.59. The molecule has 0 saturated heterocycles. The van der Waals surface area contributed by atoms with Crippen LogP contribution in [0.5, 0.6) is 5.75 Å². The van der Waals surface area contributed by atoms with Gasteiger partial charge in [0, 0.05) is 11.3 Å². The third-order valence-electron chi connectivity index (χ3n) is 4.21. The number of carbonyl (C=O) groups excluding carboxylic acids is 1. The van der Waals surface area contributed by atoms with Gasteiger partial charge in [-0.25, -0.2) is 4.68 Å². The number of nitrogens with one attached hydrogen (secondary N) is 1. The molecule has 3 N–H and O–H groups in total. The van der Waals surface area contributed by atoms with E-state index in [1.165, 1.54) is 22.0 Å². The van der Waals surface area contributed by atoms with Gasteiger partial charge in [0.2, 0.25) is 11.1 Å². The summed E-state index contributed by atoms with van der Waals surface area (Å²) in [6.07, 6.45) is 0. The Hall–Kier alpha value is -3.00. The number of ether oxygens (including phenoxy) is 1. The molecule has 1 heterocycles. The first kappa shape index (κ1) is 19.8. The van der Waals surface area contributed by atoms with Crippen molar-refractivity contribution in [3.63, 3.8) is 0 Å². The molecule has 146 valence electrons. The molecule has 0 bridgehead atoms. The van der Waals surface area contributed by atoms with Crippen LogP contribution in [0, 0.1) is 0 Å². The lowest BCUT2D eigenvalue weighted by Gasteiger charge is -2.08. The van der Waals surface area contributed by atoms with E-state index in [0.717, 1.165) is 17.0 Å². The normalized spacial score (nSPS) is 10.9. The molecule has 1 aromatic heterocycles. The Bertz CT molecular complexity index is 936. The van der Waals surface area contributed by atoms with Crippen LogP contribution in [0.3, 0.4) is 0 Å². The Morgan fingerprint density at radius 1 is 1.14 bits per heavy atom. The van der Waals surface area contributed by atoms with Gasteiger partial charge in [-0.2, -0.15) is 0 Å². The number of anilines is 1. The zero-order valence-electron chi connectivity index (χ0n) is 16.0. The molecular weight excluding hydrogens is 374 g/mol. The molecule has 1 amide bonds. The van der Waals surface area contributed by atoms with E-state index in [9.17, 15) is 4.79 Å². The van der Waals surface area contributed by atoms with Gasteiger partial charge in [-0.15, -0.1) is 10.2 Å². The quantitative estimate of drug-likeness (QED) is 0.468. The summed E-state index contributed by atoms with van der Waals surface area (Å²) in [7, 11) is 1.61. The lowest BCUT2D eigenvalue weighted by atomic mass is 10.0. The van der Waals surface area contributed by atoms with Crippen molar-refractivity contribution in [2.75, 3.05) is 24.0 Å². The first-order valence-electron chi connectivity index (χ1n) is 8.85.